The van der Waals surface area contributed by atoms with Crippen LogP contribution in [-0.2, 0) is 4.79 Å². The van der Waals surface area contributed by atoms with Crippen molar-refractivity contribution < 1.29 is 9.90 Å². The van der Waals surface area contributed by atoms with E-state index in [4.69, 9.17) is 0 Å². The molecule has 1 amide bonds. The lowest BCUT2D eigenvalue weighted by Crippen LogP contribution is -2.33. The Morgan fingerprint density at radius 2 is 2.28 bits per heavy atom. The Morgan fingerprint density at radius 3 is 2.94 bits per heavy atom. The minimum Gasteiger partial charge on any atom is -0.389 e. The number of nitrogens with zero attached hydrogens (tertiary/aromatic N) is 1. The zero-order valence-electron chi connectivity index (χ0n) is 10.3. The molecule has 0 unspecified atom stereocenters. The highest BCUT2D eigenvalue weighted by atomic mass is 79.9. The molecule has 4 nitrogen and oxygen atoms in total. The van der Waals surface area contributed by atoms with E-state index in [1.165, 1.54) is 0 Å². The molecule has 1 aliphatic rings. The van der Waals surface area contributed by atoms with Crippen molar-refractivity contribution in [3.8, 4) is 0 Å². The van der Waals surface area contributed by atoms with Crippen molar-refractivity contribution in [1.29, 1.82) is 0 Å². The molecule has 0 saturated carbocycles. The maximum absolute atomic E-state index is 11.5. The van der Waals surface area contributed by atoms with Crippen molar-refractivity contribution in [2.24, 2.45) is 0 Å². The smallest absolute Gasteiger partial charge is 0.239 e. The predicted octanol–water partition coefficient (Wildman–Crippen LogP) is 1.83. The molecule has 1 aromatic carbocycles. The Bertz CT molecular complexity index is 449. The first-order valence-corrected chi connectivity index (χ1v) is 6.86. The van der Waals surface area contributed by atoms with Gasteiger partial charge in [0.2, 0.25) is 5.91 Å². The first kappa shape index (κ1) is 13.4. The van der Waals surface area contributed by atoms with Gasteiger partial charge >= 0.3 is 0 Å². The number of aliphatic hydroxyl groups is 1. The SMILES string of the molecule is C[C@H](O)c1ccc(N2CCCNC(=O)C2)c(Br)c1. The van der Waals surface area contributed by atoms with E-state index in [9.17, 15) is 9.90 Å². The number of hydrogen-bond donors (Lipinski definition) is 2. The lowest BCUT2D eigenvalue weighted by atomic mass is 10.1. The highest BCUT2D eigenvalue weighted by molar-refractivity contribution is 9.10. The van der Waals surface area contributed by atoms with Crippen molar-refractivity contribution in [1.82, 2.24) is 5.32 Å². The highest BCUT2D eigenvalue weighted by Gasteiger charge is 2.17. The lowest BCUT2D eigenvalue weighted by molar-refractivity contribution is -0.119. The van der Waals surface area contributed by atoms with Gasteiger partial charge in [0, 0.05) is 17.6 Å². The van der Waals surface area contributed by atoms with Crippen molar-refractivity contribution >= 4 is 27.5 Å². The Labute approximate surface area is 115 Å². The lowest BCUT2D eigenvalue weighted by Gasteiger charge is -2.23. The molecule has 1 fully saturated rings. The van der Waals surface area contributed by atoms with E-state index in [1.807, 2.05) is 18.2 Å². The monoisotopic (exact) mass is 312 g/mol. The molecule has 0 aliphatic carbocycles. The highest BCUT2D eigenvalue weighted by Crippen LogP contribution is 2.29. The van der Waals surface area contributed by atoms with Gasteiger partial charge in [-0.15, -0.1) is 0 Å². The molecule has 2 N–H and O–H groups in total. The van der Waals surface area contributed by atoms with Crippen LogP contribution in [-0.4, -0.2) is 30.6 Å². The van der Waals surface area contributed by atoms with E-state index in [0.29, 0.717) is 6.54 Å². The number of carbonyl (C=O) groups is 1. The summed E-state index contributed by atoms with van der Waals surface area (Å²) in [6.07, 6.45) is 0.457. The van der Waals surface area contributed by atoms with Crippen LogP contribution in [0.2, 0.25) is 0 Å². The van der Waals surface area contributed by atoms with Gasteiger partial charge < -0.3 is 15.3 Å². The van der Waals surface area contributed by atoms with Crippen molar-refractivity contribution in [2.45, 2.75) is 19.4 Å². The van der Waals surface area contributed by atoms with Gasteiger partial charge in [0.25, 0.3) is 0 Å². The van der Waals surface area contributed by atoms with E-state index in [-0.39, 0.29) is 5.91 Å². The van der Waals surface area contributed by atoms with Crippen LogP contribution in [0.3, 0.4) is 0 Å². The van der Waals surface area contributed by atoms with Crippen LogP contribution in [0, 0.1) is 0 Å². The Morgan fingerprint density at radius 1 is 1.50 bits per heavy atom. The van der Waals surface area contributed by atoms with Gasteiger partial charge in [0.15, 0.2) is 0 Å². The molecular weight excluding hydrogens is 296 g/mol. The standard InChI is InChI=1S/C13H17BrN2O2/c1-9(17)10-3-4-12(11(14)7-10)16-6-2-5-15-13(18)8-16/h3-4,7,9,17H,2,5-6,8H2,1H3,(H,15,18)/t9-/m0/s1. The van der Waals surface area contributed by atoms with Crippen LogP contribution in [0.1, 0.15) is 25.0 Å². The molecule has 1 saturated heterocycles. The zero-order valence-corrected chi connectivity index (χ0v) is 11.9. The van der Waals surface area contributed by atoms with Gasteiger partial charge in [-0.05, 0) is 47.0 Å². The molecular formula is C13H17BrN2O2. The van der Waals surface area contributed by atoms with E-state index >= 15 is 0 Å². The first-order valence-electron chi connectivity index (χ1n) is 6.07. The van der Waals surface area contributed by atoms with Gasteiger partial charge in [0.1, 0.15) is 0 Å². The summed E-state index contributed by atoms with van der Waals surface area (Å²) in [6, 6.07) is 5.75. The van der Waals surface area contributed by atoms with Gasteiger partial charge in [-0.3, -0.25) is 4.79 Å². The summed E-state index contributed by atoms with van der Waals surface area (Å²) >= 11 is 3.51. The summed E-state index contributed by atoms with van der Waals surface area (Å²) in [5, 5.41) is 12.4. The summed E-state index contributed by atoms with van der Waals surface area (Å²) in [5.74, 6) is 0.0546. The number of hydrogen-bond acceptors (Lipinski definition) is 3. The minimum atomic E-state index is -0.484. The van der Waals surface area contributed by atoms with Crippen LogP contribution < -0.4 is 10.2 Å². The number of rotatable bonds is 2. The maximum Gasteiger partial charge on any atom is 0.239 e. The number of aliphatic hydroxyl groups excluding tert-OH is 1. The zero-order chi connectivity index (χ0) is 13.1. The predicted molar refractivity (Wildman–Crippen MR) is 74.6 cm³/mol. The molecule has 98 valence electrons. The third-order valence-corrected chi connectivity index (χ3v) is 3.69. The van der Waals surface area contributed by atoms with Crippen molar-refractivity contribution in [3.05, 3.63) is 28.2 Å². The van der Waals surface area contributed by atoms with E-state index in [1.54, 1.807) is 6.92 Å². The Balaban J connectivity index is 2.24. The molecule has 1 aromatic rings. The van der Waals surface area contributed by atoms with Gasteiger partial charge in [-0.2, -0.15) is 0 Å². The molecule has 0 radical (unpaired) electrons. The fourth-order valence-corrected chi connectivity index (χ4v) is 2.70. The molecule has 0 spiro atoms. The fourth-order valence-electron chi connectivity index (χ4n) is 2.05. The van der Waals surface area contributed by atoms with Gasteiger partial charge in [-0.1, -0.05) is 6.07 Å². The van der Waals surface area contributed by atoms with Gasteiger partial charge in [-0.25, -0.2) is 0 Å². The molecule has 0 aromatic heterocycles. The number of halogens is 1. The summed E-state index contributed by atoms with van der Waals surface area (Å²) in [6.45, 7) is 3.71. The third kappa shape index (κ3) is 3.03. The number of nitrogens with one attached hydrogen (secondary N) is 1. The van der Waals surface area contributed by atoms with Crippen molar-refractivity contribution in [2.75, 3.05) is 24.5 Å². The number of carbonyl (C=O) groups excluding carboxylic acids is 1. The molecule has 1 aliphatic heterocycles. The van der Waals surface area contributed by atoms with E-state index < -0.39 is 6.10 Å². The second kappa shape index (κ2) is 5.71. The third-order valence-electron chi connectivity index (χ3n) is 3.06. The minimum absolute atomic E-state index is 0.0546. The maximum atomic E-state index is 11.5. The van der Waals surface area contributed by atoms with Crippen LogP contribution in [0.5, 0.6) is 0 Å². The van der Waals surface area contributed by atoms with Crippen LogP contribution in [0.4, 0.5) is 5.69 Å². The largest absolute Gasteiger partial charge is 0.389 e. The molecule has 2 rings (SSSR count). The Kier molecular flexibility index (Phi) is 4.24. The summed E-state index contributed by atoms with van der Waals surface area (Å²) in [4.78, 5) is 13.6. The number of amides is 1. The second-order valence-corrected chi connectivity index (χ2v) is 5.37. The normalized spacial score (nSPS) is 18.2. The van der Waals surface area contributed by atoms with E-state index in [0.717, 1.165) is 35.2 Å². The molecule has 1 heterocycles. The van der Waals surface area contributed by atoms with Crippen LogP contribution in [0.25, 0.3) is 0 Å². The first-order chi connectivity index (χ1) is 8.58. The number of benzene rings is 1. The fraction of sp³-hybridized carbons (Fsp3) is 0.462. The van der Waals surface area contributed by atoms with Gasteiger partial charge in [0.05, 0.1) is 18.3 Å². The van der Waals surface area contributed by atoms with Crippen molar-refractivity contribution in [3.63, 3.8) is 0 Å². The second-order valence-electron chi connectivity index (χ2n) is 4.51. The summed E-state index contributed by atoms with van der Waals surface area (Å²) in [5.41, 5.74) is 1.86. The molecule has 5 heteroatoms. The van der Waals surface area contributed by atoms with E-state index in [2.05, 4.69) is 26.1 Å². The molecule has 0 bridgehead atoms. The Hall–Kier alpha value is -1.07. The average Bonchev–Trinajstić information content (AvgIpc) is 2.53. The number of anilines is 1. The molecule has 1 atom stereocenters. The summed E-state index contributed by atoms with van der Waals surface area (Å²) in [7, 11) is 0. The molecule has 18 heavy (non-hydrogen) atoms. The topological polar surface area (TPSA) is 52.6 Å². The van der Waals surface area contributed by atoms with Crippen LogP contribution >= 0.6 is 15.9 Å². The summed E-state index contributed by atoms with van der Waals surface area (Å²) < 4.78 is 0.913. The quantitative estimate of drug-likeness (QED) is 0.876. The average molecular weight is 313 g/mol. The van der Waals surface area contributed by atoms with Crippen LogP contribution in [0.15, 0.2) is 22.7 Å².